The molecule has 23 heavy (non-hydrogen) atoms. The maximum Gasteiger partial charge on any atom is 0.360 e. The average Bonchev–Trinajstić information content (AvgIpc) is 2.81. The standard InChI is InChI=1S/C14H21N3O5S/c1-5-6-9(12(20)21-14(2,3)4)22-17-10(11(18)19)8-7-23-13(15)16-8/h7,9H,5-6H2,1-4H3,(H2,15,16)(H,18,19). The summed E-state index contributed by atoms with van der Waals surface area (Å²) >= 11 is 1.08. The van der Waals surface area contributed by atoms with Gasteiger partial charge in [-0.2, -0.15) is 0 Å². The van der Waals surface area contributed by atoms with Crippen LogP contribution in [0.4, 0.5) is 5.13 Å². The van der Waals surface area contributed by atoms with Gasteiger partial charge < -0.3 is 20.4 Å². The van der Waals surface area contributed by atoms with Gasteiger partial charge in [0.1, 0.15) is 11.3 Å². The molecule has 0 fully saturated rings. The summed E-state index contributed by atoms with van der Waals surface area (Å²) in [6.07, 6.45) is 0.0141. The molecule has 0 amide bonds. The fraction of sp³-hybridized carbons (Fsp3) is 0.571. The largest absolute Gasteiger partial charge is 0.476 e. The van der Waals surface area contributed by atoms with Crippen molar-refractivity contribution in [3.05, 3.63) is 11.1 Å². The fourth-order valence-electron chi connectivity index (χ4n) is 1.55. The van der Waals surface area contributed by atoms with Crippen molar-refractivity contribution in [3.8, 4) is 0 Å². The number of hydrogen-bond donors (Lipinski definition) is 2. The number of hydrogen-bond acceptors (Lipinski definition) is 8. The molecule has 0 aromatic carbocycles. The van der Waals surface area contributed by atoms with Crippen LogP contribution < -0.4 is 5.73 Å². The topological polar surface area (TPSA) is 124 Å². The van der Waals surface area contributed by atoms with Gasteiger partial charge >= 0.3 is 11.9 Å². The maximum atomic E-state index is 12.1. The van der Waals surface area contributed by atoms with Crippen LogP contribution in [0.1, 0.15) is 46.2 Å². The lowest BCUT2D eigenvalue weighted by Gasteiger charge is -2.22. The van der Waals surface area contributed by atoms with Gasteiger partial charge in [-0.05, 0) is 27.2 Å². The Labute approximate surface area is 138 Å². The summed E-state index contributed by atoms with van der Waals surface area (Å²) in [4.78, 5) is 32.3. The van der Waals surface area contributed by atoms with Gasteiger partial charge in [0.05, 0.1) is 0 Å². The Morgan fingerprint density at radius 3 is 2.57 bits per heavy atom. The van der Waals surface area contributed by atoms with Crippen LogP contribution in [-0.4, -0.2) is 39.4 Å². The van der Waals surface area contributed by atoms with Gasteiger partial charge in [0.15, 0.2) is 5.13 Å². The number of oxime groups is 1. The number of anilines is 1. The molecule has 8 nitrogen and oxygen atoms in total. The van der Waals surface area contributed by atoms with E-state index in [1.54, 1.807) is 20.8 Å². The predicted octanol–water partition coefficient (Wildman–Crippen LogP) is 2.04. The highest BCUT2D eigenvalue weighted by Crippen LogP contribution is 2.15. The second kappa shape index (κ2) is 7.91. The van der Waals surface area contributed by atoms with Crippen LogP contribution in [0.5, 0.6) is 0 Å². The van der Waals surface area contributed by atoms with Gasteiger partial charge in [0, 0.05) is 5.38 Å². The van der Waals surface area contributed by atoms with Crippen molar-refractivity contribution in [2.24, 2.45) is 5.16 Å². The number of rotatable bonds is 7. The third kappa shape index (κ3) is 6.23. The Bertz CT molecular complexity index is 591. The SMILES string of the molecule is CCCC(ON=C(C(=O)O)c1csc(N)n1)C(=O)OC(C)(C)C. The lowest BCUT2D eigenvalue weighted by Crippen LogP contribution is -2.33. The Hall–Kier alpha value is -2.16. The van der Waals surface area contributed by atoms with E-state index in [1.165, 1.54) is 5.38 Å². The lowest BCUT2D eigenvalue weighted by atomic mass is 10.1. The number of carbonyl (C=O) groups is 2. The molecule has 1 aromatic heterocycles. The van der Waals surface area contributed by atoms with Crippen LogP contribution in [0.25, 0.3) is 0 Å². The van der Waals surface area contributed by atoms with Gasteiger partial charge in [0.2, 0.25) is 11.8 Å². The number of nitrogens with zero attached hydrogens (tertiary/aromatic N) is 2. The minimum absolute atomic E-state index is 0.0828. The van der Waals surface area contributed by atoms with Crippen molar-refractivity contribution in [3.63, 3.8) is 0 Å². The van der Waals surface area contributed by atoms with Crippen LogP contribution in [0.3, 0.4) is 0 Å². The second-order valence-corrected chi connectivity index (χ2v) is 6.62. The smallest absolute Gasteiger partial charge is 0.360 e. The first-order valence-electron chi connectivity index (χ1n) is 7.05. The van der Waals surface area contributed by atoms with Gasteiger partial charge in [-0.3, -0.25) is 0 Å². The quantitative estimate of drug-likeness (QED) is 0.441. The molecule has 9 heteroatoms. The molecule has 0 aliphatic carbocycles. The zero-order chi connectivity index (χ0) is 17.6. The predicted molar refractivity (Wildman–Crippen MR) is 86.3 cm³/mol. The van der Waals surface area contributed by atoms with E-state index in [0.717, 1.165) is 11.3 Å². The zero-order valence-corrected chi connectivity index (χ0v) is 14.3. The van der Waals surface area contributed by atoms with E-state index in [1.807, 2.05) is 6.92 Å². The minimum Gasteiger partial charge on any atom is -0.476 e. The first kappa shape index (κ1) is 18.9. The molecule has 0 saturated heterocycles. The Balaban J connectivity index is 2.93. The second-order valence-electron chi connectivity index (χ2n) is 5.73. The molecule has 0 aliphatic heterocycles. The monoisotopic (exact) mass is 343 g/mol. The Kier molecular flexibility index (Phi) is 6.49. The molecule has 1 unspecified atom stereocenters. The Morgan fingerprint density at radius 1 is 1.48 bits per heavy atom. The summed E-state index contributed by atoms with van der Waals surface area (Å²) in [5.41, 5.74) is 4.48. The highest BCUT2D eigenvalue weighted by Gasteiger charge is 2.27. The number of carbonyl (C=O) groups excluding carboxylic acids is 1. The number of carboxylic acid groups (broad SMARTS) is 1. The summed E-state index contributed by atoms with van der Waals surface area (Å²) in [5, 5.41) is 14.4. The number of ether oxygens (including phenoxy) is 1. The van der Waals surface area contributed by atoms with Crippen molar-refractivity contribution in [2.45, 2.75) is 52.2 Å². The fourth-order valence-corrected chi connectivity index (χ4v) is 2.10. The number of thiazole rings is 1. The van der Waals surface area contributed by atoms with E-state index in [0.29, 0.717) is 12.8 Å². The third-order valence-corrected chi connectivity index (χ3v) is 3.13. The number of nitrogen functional groups attached to an aromatic ring is 1. The number of aliphatic carboxylic acids is 1. The van der Waals surface area contributed by atoms with E-state index >= 15 is 0 Å². The summed E-state index contributed by atoms with van der Waals surface area (Å²) in [6.45, 7) is 7.07. The third-order valence-electron chi connectivity index (χ3n) is 2.46. The maximum absolute atomic E-state index is 12.1. The van der Waals surface area contributed by atoms with Crippen LogP contribution >= 0.6 is 11.3 Å². The van der Waals surface area contributed by atoms with Crippen molar-refractivity contribution < 1.29 is 24.3 Å². The van der Waals surface area contributed by atoms with Crippen molar-refractivity contribution in [2.75, 3.05) is 5.73 Å². The van der Waals surface area contributed by atoms with Gasteiger partial charge in [-0.15, -0.1) is 11.3 Å². The molecular weight excluding hydrogens is 322 g/mol. The van der Waals surface area contributed by atoms with E-state index in [9.17, 15) is 14.7 Å². The molecule has 1 rings (SSSR count). The number of esters is 1. The molecular formula is C14H21N3O5S. The van der Waals surface area contributed by atoms with Crippen molar-refractivity contribution in [1.82, 2.24) is 4.98 Å². The molecule has 128 valence electrons. The van der Waals surface area contributed by atoms with Crippen LogP contribution in [-0.2, 0) is 19.2 Å². The summed E-state index contributed by atoms with van der Waals surface area (Å²) < 4.78 is 5.24. The number of carboxylic acids is 1. The van der Waals surface area contributed by atoms with Gasteiger partial charge in [-0.1, -0.05) is 18.5 Å². The first-order chi connectivity index (χ1) is 10.6. The normalized spacial score (nSPS) is 13.5. The minimum atomic E-state index is -1.32. The molecule has 0 radical (unpaired) electrons. The Morgan fingerprint density at radius 2 is 2.13 bits per heavy atom. The van der Waals surface area contributed by atoms with E-state index in [-0.39, 0.29) is 10.8 Å². The molecule has 0 aliphatic rings. The molecule has 3 N–H and O–H groups in total. The van der Waals surface area contributed by atoms with Crippen LogP contribution in [0.15, 0.2) is 10.5 Å². The highest BCUT2D eigenvalue weighted by molar-refractivity contribution is 7.13. The molecule has 0 spiro atoms. The lowest BCUT2D eigenvalue weighted by molar-refractivity contribution is -0.169. The van der Waals surface area contributed by atoms with E-state index < -0.39 is 29.4 Å². The molecule has 1 aromatic rings. The zero-order valence-electron chi connectivity index (χ0n) is 13.5. The van der Waals surface area contributed by atoms with E-state index in [4.69, 9.17) is 15.3 Å². The van der Waals surface area contributed by atoms with Crippen LogP contribution in [0.2, 0.25) is 0 Å². The van der Waals surface area contributed by atoms with Crippen molar-refractivity contribution in [1.29, 1.82) is 0 Å². The highest BCUT2D eigenvalue weighted by atomic mass is 32.1. The number of nitrogens with two attached hydrogens (primary N) is 1. The van der Waals surface area contributed by atoms with E-state index in [2.05, 4.69) is 10.1 Å². The average molecular weight is 343 g/mol. The number of aromatic nitrogens is 1. The first-order valence-corrected chi connectivity index (χ1v) is 7.93. The molecule has 0 bridgehead atoms. The summed E-state index contributed by atoms with van der Waals surface area (Å²) in [7, 11) is 0. The summed E-state index contributed by atoms with van der Waals surface area (Å²) in [6, 6.07) is 0. The van der Waals surface area contributed by atoms with Gasteiger partial charge in [-0.25, -0.2) is 14.6 Å². The summed E-state index contributed by atoms with van der Waals surface area (Å²) in [5.74, 6) is -1.92. The molecule has 0 saturated carbocycles. The molecule has 1 heterocycles. The van der Waals surface area contributed by atoms with Crippen molar-refractivity contribution >= 4 is 34.1 Å². The van der Waals surface area contributed by atoms with Gasteiger partial charge in [0.25, 0.3) is 0 Å². The molecule has 1 atom stereocenters. The van der Waals surface area contributed by atoms with Crippen LogP contribution in [0, 0.1) is 0 Å².